The lowest BCUT2D eigenvalue weighted by Crippen LogP contribution is -2.47. The number of hydrogen-bond donors (Lipinski definition) is 3. The molecule has 3 aromatic rings. The number of anilines is 3. The van der Waals surface area contributed by atoms with Gasteiger partial charge in [0, 0.05) is 66.4 Å². The van der Waals surface area contributed by atoms with Gasteiger partial charge in [-0.3, -0.25) is 15.0 Å². The lowest BCUT2D eigenvalue weighted by molar-refractivity contribution is 0.00670. The lowest BCUT2D eigenvalue weighted by atomic mass is 9.97. The Morgan fingerprint density at radius 2 is 2.03 bits per heavy atom. The Kier molecular flexibility index (Phi) is 5.32. The average molecular weight is 445 g/mol. The molecular formula is C24H28N8O. The van der Waals surface area contributed by atoms with Gasteiger partial charge in [0.1, 0.15) is 11.6 Å². The third-order valence-corrected chi connectivity index (χ3v) is 7.24. The highest BCUT2D eigenvalue weighted by molar-refractivity contribution is 5.91. The van der Waals surface area contributed by atoms with E-state index in [1.807, 2.05) is 24.4 Å². The van der Waals surface area contributed by atoms with Crippen molar-refractivity contribution in [3.05, 3.63) is 36.2 Å². The predicted octanol–water partition coefficient (Wildman–Crippen LogP) is 3.53. The maximum Gasteiger partial charge on any atom is 0.153 e. The topological polar surface area (TPSA) is 115 Å². The largest absolute Gasteiger partial charge is 0.380 e. The van der Waals surface area contributed by atoms with Crippen molar-refractivity contribution in [1.29, 1.82) is 5.26 Å². The molecule has 2 bridgehead atoms. The fraction of sp³-hybridized carbons (Fsp3) is 0.500. The van der Waals surface area contributed by atoms with Crippen LogP contribution in [0.2, 0.25) is 0 Å². The molecule has 2 atom stereocenters. The molecule has 3 N–H and O–H groups in total. The maximum absolute atomic E-state index is 8.99. The van der Waals surface area contributed by atoms with Gasteiger partial charge in [0.05, 0.1) is 24.8 Å². The second-order valence-corrected chi connectivity index (χ2v) is 9.34. The fourth-order valence-corrected chi connectivity index (χ4v) is 5.54. The number of aromatic amines is 1. The monoisotopic (exact) mass is 444 g/mol. The van der Waals surface area contributed by atoms with Crippen LogP contribution in [-0.4, -0.2) is 62.9 Å². The van der Waals surface area contributed by atoms with Crippen molar-refractivity contribution in [3.8, 4) is 6.07 Å². The molecule has 9 heteroatoms. The zero-order valence-corrected chi connectivity index (χ0v) is 18.5. The highest BCUT2D eigenvalue weighted by Gasteiger charge is 2.40. The molecule has 3 aliphatic heterocycles. The highest BCUT2D eigenvalue weighted by Crippen LogP contribution is 2.37. The summed E-state index contributed by atoms with van der Waals surface area (Å²) in [6, 6.07) is 11.8. The van der Waals surface area contributed by atoms with Crippen LogP contribution in [0.25, 0.3) is 10.9 Å². The number of H-pyrrole nitrogens is 1. The molecule has 3 aliphatic rings. The minimum Gasteiger partial charge on any atom is -0.380 e. The van der Waals surface area contributed by atoms with Crippen LogP contribution in [0, 0.1) is 11.3 Å². The van der Waals surface area contributed by atoms with E-state index in [0.717, 1.165) is 66.7 Å². The quantitative estimate of drug-likeness (QED) is 0.507. The summed E-state index contributed by atoms with van der Waals surface area (Å²) in [7, 11) is 0. The summed E-state index contributed by atoms with van der Waals surface area (Å²) in [6.07, 6.45) is 7.02. The molecule has 0 saturated carbocycles. The van der Waals surface area contributed by atoms with E-state index < -0.39 is 0 Å². The minimum absolute atomic E-state index is 0.364. The Hall–Kier alpha value is -3.22. The van der Waals surface area contributed by atoms with Crippen LogP contribution in [0.3, 0.4) is 0 Å². The molecule has 0 aromatic carbocycles. The van der Waals surface area contributed by atoms with E-state index in [9.17, 15) is 0 Å². The first-order valence-electron chi connectivity index (χ1n) is 11.8. The maximum atomic E-state index is 8.99. The Morgan fingerprint density at radius 1 is 1.18 bits per heavy atom. The van der Waals surface area contributed by atoms with Gasteiger partial charge in [-0.15, -0.1) is 0 Å². The number of hydrogen-bond acceptors (Lipinski definition) is 8. The van der Waals surface area contributed by atoms with Crippen LogP contribution >= 0.6 is 0 Å². The molecule has 6 heterocycles. The molecule has 170 valence electrons. The fourth-order valence-electron chi connectivity index (χ4n) is 5.54. The first kappa shape index (κ1) is 20.4. The molecule has 6 rings (SSSR count). The van der Waals surface area contributed by atoms with Gasteiger partial charge in [0.25, 0.3) is 0 Å². The third kappa shape index (κ3) is 4.01. The van der Waals surface area contributed by atoms with Crippen LogP contribution in [0.15, 0.2) is 30.5 Å². The van der Waals surface area contributed by atoms with Crippen molar-refractivity contribution in [2.75, 3.05) is 30.4 Å². The van der Waals surface area contributed by atoms with Crippen LogP contribution in [0.1, 0.15) is 43.7 Å². The summed E-state index contributed by atoms with van der Waals surface area (Å²) in [5, 5.41) is 24.6. The van der Waals surface area contributed by atoms with Crippen LogP contribution in [0.4, 0.5) is 17.5 Å². The van der Waals surface area contributed by atoms with E-state index in [-0.39, 0.29) is 0 Å². The Balaban J connectivity index is 1.22. The molecule has 3 fully saturated rings. The molecular weight excluding hydrogens is 416 g/mol. The number of fused-ring (bicyclic) bond motifs is 3. The summed E-state index contributed by atoms with van der Waals surface area (Å²) >= 11 is 0. The van der Waals surface area contributed by atoms with E-state index in [1.54, 1.807) is 0 Å². The SMILES string of the molecule is N#CCCN1C2CCC1CC(Nc1nc(Nc3cc(C4COC4)[nH]n3)cc3ncccc13)C2. The third-order valence-electron chi connectivity index (χ3n) is 7.24. The molecule has 2 unspecified atom stereocenters. The predicted molar refractivity (Wildman–Crippen MR) is 125 cm³/mol. The van der Waals surface area contributed by atoms with Gasteiger partial charge in [-0.25, -0.2) is 4.98 Å². The number of pyridine rings is 2. The van der Waals surface area contributed by atoms with Crippen molar-refractivity contribution >= 4 is 28.4 Å². The first-order valence-corrected chi connectivity index (χ1v) is 11.8. The van der Waals surface area contributed by atoms with Crippen molar-refractivity contribution in [2.24, 2.45) is 0 Å². The zero-order chi connectivity index (χ0) is 22.2. The number of nitrogens with zero attached hydrogens (tertiary/aromatic N) is 5. The van der Waals surface area contributed by atoms with Crippen LogP contribution in [0.5, 0.6) is 0 Å². The second kappa shape index (κ2) is 8.61. The molecule has 33 heavy (non-hydrogen) atoms. The van der Waals surface area contributed by atoms with Gasteiger partial charge >= 0.3 is 0 Å². The van der Waals surface area contributed by atoms with E-state index >= 15 is 0 Å². The van der Waals surface area contributed by atoms with E-state index in [2.05, 4.69) is 42.9 Å². The summed E-state index contributed by atoms with van der Waals surface area (Å²) in [4.78, 5) is 12.0. The number of nitriles is 1. The highest BCUT2D eigenvalue weighted by atomic mass is 16.5. The van der Waals surface area contributed by atoms with Gasteiger partial charge < -0.3 is 15.4 Å². The Morgan fingerprint density at radius 3 is 2.79 bits per heavy atom. The minimum atomic E-state index is 0.364. The molecule has 3 aromatic heterocycles. The normalized spacial score (nSPS) is 25.0. The second-order valence-electron chi connectivity index (χ2n) is 9.34. The summed E-state index contributed by atoms with van der Waals surface area (Å²) < 4.78 is 5.28. The van der Waals surface area contributed by atoms with E-state index in [1.165, 1.54) is 12.8 Å². The molecule has 3 saturated heterocycles. The summed E-state index contributed by atoms with van der Waals surface area (Å²) in [6.45, 7) is 2.37. The molecule has 0 amide bonds. The zero-order valence-electron chi connectivity index (χ0n) is 18.5. The average Bonchev–Trinajstić information content (AvgIpc) is 3.32. The van der Waals surface area contributed by atoms with E-state index in [0.29, 0.717) is 30.5 Å². The van der Waals surface area contributed by atoms with Gasteiger partial charge in [0.15, 0.2) is 5.82 Å². The number of rotatable bonds is 7. The molecule has 9 nitrogen and oxygen atoms in total. The smallest absolute Gasteiger partial charge is 0.153 e. The van der Waals surface area contributed by atoms with Crippen LogP contribution < -0.4 is 10.6 Å². The summed E-state index contributed by atoms with van der Waals surface area (Å²) in [5.41, 5.74) is 1.98. The first-order chi connectivity index (χ1) is 16.3. The van der Waals surface area contributed by atoms with Crippen molar-refractivity contribution < 1.29 is 4.74 Å². The number of ether oxygens (including phenoxy) is 1. The number of aromatic nitrogens is 4. The summed E-state index contributed by atoms with van der Waals surface area (Å²) in [5.74, 6) is 2.72. The van der Waals surface area contributed by atoms with Crippen molar-refractivity contribution in [1.82, 2.24) is 25.1 Å². The van der Waals surface area contributed by atoms with Crippen molar-refractivity contribution in [2.45, 2.75) is 56.1 Å². The number of piperidine rings is 1. The standard InChI is InChI=1S/C24H28N8O/c25-6-2-8-32-17-4-5-18(32)10-16(9-17)27-24-19-3-1-7-26-21(19)12-22(29-24)28-23-11-20(30-31-23)15-13-33-14-15/h1,3,7,11-12,15-18H,2,4-5,8-10,13-14H2,(H3,27,28,29,30,31). The van der Waals surface area contributed by atoms with E-state index in [4.69, 9.17) is 15.0 Å². The van der Waals surface area contributed by atoms with Gasteiger partial charge in [-0.1, -0.05) is 0 Å². The Labute approximate surface area is 192 Å². The Bertz CT molecular complexity index is 1170. The van der Waals surface area contributed by atoms with Crippen molar-refractivity contribution in [3.63, 3.8) is 0 Å². The molecule has 0 spiro atoms. The van der Waals surface area contributed by atoms with Gasteiger partial charge in [-0.05, 0) is 37.8 Å². The van der Waals surface area contributed by atoms with Gasteiger partial charge in [-0.2, -0.15) is 10.4 Å². The van der Waals surface area contributed by atoms with Crippen LogP contribution in [-0.2, 0) is 4.74 Å². The number of nitrogens with one attached hydrogen (secondary N) is 3. The van der Waals surface area contributed by atoms with Gasteiger partial charge in [0.2, 0.25) is 0 Å². The molecule has 0 aliphatic carbocycles. The molecule has 0 radical (unpaired) electrons. The lowest BCUT2D eigenvalue weighted by Gasteiger charge is -2.39.